The van der Waals surface area contributed by atoms with Gasteiger partial charge in [-0.05, 0) is 31.0 Å². The molecule has 0 bridgehead atoms. The van der Waals surface area contributed by atoms with Crippen LogP contribution in [0.1, 0.15) is 36.3 Å². The molecule has 5 nitrogen and oxygen atoms in total. The molecular weight excluding hydrogens is 280 g/mol. The highest BCUT2D eigenvalue weighted by Crippen LogP contribution is 2.20. The molecule has 118 valence electrons. The van der Waals surface area contributed by atoms with Crippen LogP contribution >= 0.6 is 0 Å². The lowest BCUT2D eigenvalue weighted by Gasteiger charge is -2.20. The number of carbonyl (C=O) groups is 2. The van der Waals surface area contributed by atoms with Crippen LogP contribution < -0.4 is 5.32 Å². The number of aliphatic carboxylic acids is 1. The number of rotatable bonds is 5. The summed E-state index contributed by atoms with van der Waals surface area (Å²) in [7, 11) is 1.81. The van der Waals surface area contributed by atoms with E-state index in [1.54, 1.807) is 10.6 Å². The third kappa shape index (κ3) is 2.98. The van der Waals surface area contributed by atoms with E-state index in [1.807, 2.05) is 46.0 Å². The predicted molar refractivity (Wildman–Crippen MR) is 86.0 cm³/mol. The van der Waals surface area contributed by atoms with Gasteiger partial charge in [-0.2, -0.15) is 0 Å². The van der Waals surface area contributed by atoms with Gasteiger partial charge in [0, 0.05) is 18.0 Å². The van der Waals surface area contributed by atoms with Gasteiger partial charge in [0.15, 0.2) is 0 Å². The molecule has 2 N–H and O–H groups in total. The number of carboxylic acid groups (broad SMARTS) is 1. The van der Waals surface area contributed by atoms with Crippen molar-refractivity contribution in [1.82, 2.24) is 9.88 Å². The molecule has 2 aromatic rings. The maximum absolute atomic E-state index is 12.5. The summed E-state index contributed by atoms with van der Waals surface area (Å²) in [6.45, 7) is 5.73. The largest absolute Gasteiger partial charge is 0.480 e. The van der Waals surface area contributed by atoms with Crippen LogP contribution in [0.5, 0.6) is 0 Å². The van der Waals surface area contributed by atoms with Crippen LogP contribution in [0.2, 0.25) is 0 Å². The minimum absolute atomic E-state index is 0.127. The third-order valence-electron chi connectivity index (χ3n) is 4.20. The zero-order valence-corrected chi connectivity index (χ0v) is 13.4. The van der Waals surface area contributed by atoms with Gasteiger partial charge in [0.1, 0.15) is 11.7 Å². The van der Waals surface area contributed by atoms with Crippen LogP contribution in [0.25, 0.3) is 10.9 Å². The molecule has 0 aliphatic carbocycles. The molecule has 0 fully saturated rings. The van der Waals surface area contributed by atoms with Gasteiger partial charge in [-0.15, -0.1) is 0 Å². The molecule has 2 atom stereocenters. The lowest BCUT2D eigenvalue weighted by molar-refractivity contribution is -0.140. The molecule has 1 unspecified atom stereocenters. The van der Waals surface area contributed by atoms with Gasteiger partial charge in [0.05, 0.1) is 0 Å². The number of aryl methyl sites for hydroxylation is 2. The van der Waals surface area contributed by atoms with Crippen molar-refractivity contribution in [2.75, 3.05) is 0 Å². The number of carbonyl (C=O) groups excluding carboxylic acids is 1. The van der Waals surface area contributed by atoms with Crippen molar-refractivity contribution in [1.29, 1.82) is 0 Å². The average molecular weight is 302 g/mol. The summed E-state index contributed by atoms with van der Waals surface area (Å²) in [4.78, 5) is 23.8. The second-order valence-electron chi connectivity index (χ2n) is 5.83. The molecule has 22 heavy (non-hydrogen) atoms. The molecule has 0 aliphatic heterocycles. The van der Waals surface area contributed by atoms with Crippen LogP contribution in [0, 0.1) is 12.8 Å². The fraction of sp³-hybridized carbons (Fsp3) is 0.412. The van der Waals surface area contributed by atoms with Crippen molar-refractivity contribution in [2.24, 2.45) is 13.0 Å². The average Bonchev–Trinajstić information content (AvgIpc) is 2.79. The summed E-state index contributed by atoms with van der Waals surface area (Å²) in [5.41, 5.74) is 2.54. The number of aromatic nitrogens is 1. The Hall–Kier alpha value is -2.30. The van der Waals surface area contributed by atoms with E-state index in [1.165, 1.54) is 0 Å². The fourth-order valence-corrected chi connectivity index (χ4v) is 2.59. The molecule has 1 amide bonds. The second kappa shape index (κ2) is 6.22. The molecule has 5 heteroatoms. The maximum Gasteiger partial charge on any atom is 0.326 e. The van der Waals surface area contributed by atoms with Crippen molar-refractivity contribution in [2.45, 2.75) is 33.2 Å². The molecule has 0 spiro atoms. The molecule has 1 aromatic carbocycles. The van der Waals surface area contributed by atoms with Crippen molar-refractivity contribution in [3.63, 3.8) is 0 Å². The summed E-state index contributed by atoms with van der Waals surface area (Å²) in [6.07, 6.45) is 0.686. The Morgan fingerprint density at radius 1 is 1.32 bits per heavy atom. The monoisotopic (exact) mass is 302 g/mol. The van der Waals surface area contributed by atoms with Crippen molar-refractivity contribution < 1.29 is 14.7 Å². The Labute approximate surface area is 129 Å². The van der Waals surface area contributed by atoms with Gasteiger partial charge in [-0.25, -0.2) is 4.79 Å². The maximum atomic E-state index is 12.5. The molecule has 0 aliphatic rings. The highest BCUT2D eigenvalue weighted by atomic mass is 16.4. The van der Waals surface area contributed by atoms with Crippen molar-refractivity contribution in [3.8, 4) is 0 Å². The number of carboxylic acids is 1. The summed E-state index contributed by atoms with van der Waals surface area (Å²) < 4.78 is 1.79. The molecule has 0 saturated heterocycles. The fourth-order valence-electron chi connectivity index (χ4n) is 2.59. The van der Waals surface area contributed by atoms with Crippen LogP contribution in [0.3, 0.4) is 0 Å². The van der Waals surface area contributed by atoms with Crippen molar-refractivity contribution >= 4 is 22.8 Å². The Morgan fingerprint density at radius 3 is 2.59 bits per heavy atom. The van der Waals surface area contributed by atoms with E-state index in [0.29, 0.717) is 12.1 Å². The number of hydrogen-bond acceptors (Lipinski definition) is 2. The highest BCUT2D eigenvalue weighted by Gasteiger charge is 2.26. The first kappa shape index (κ1) is 16.1. The first-order chi connectivity index (χ1) is 10.3. The zero-order valence-electron chi connectivity index (χ0n) is 13.4. The summed E-state index contributed by atoms with van der Waals surface area (Å²) >= 11 is 0. The summed E-state index contributed by atoms with van der Waals surface area (Å²) in [5.74, 6) is -1.49. The number of nitrogens with zero attached hydrogens (tertiary/aromatic N) is 1. The minimum atomic E-state index is -1.00. The SMILES string of the molecule is CCC(C)[C@H](NC(=O)c1cc2cc(C)ccc2n1C)C(=O)O. The van der Waals surface area contributed by atoms with E-state index in [-0.39, 0.29) is 11.8 Å². The Balaban J connectivity index is 2.33. The minimum Gasteiger partial charge on any atom is -0.480 e. The van der Waals surface area contributed by atoms with Gasteiger partial charge in [0.2, 0.25) is 0 Å². The van der Waals surface area contributed by atoms with Gasteiger partial charge in [0.25, 0.3) is 5.91 Å². The molecule has 1 heterocycles. The van der Waals surface area contributed by atoms with E-state index < -0.39 is 12.0 Å². The predicted octanol–water partition coefficient (Wildman–Crippen LogP) is 2.72. The standard InChI is InChI=1S/C17H22N2O3/c1-5-11(3)15(17(21)22)18-16(20)14-9-12-8-10(2)6-7-13(12)19(14)4/h6-9,11,15H,5H2,1-4H3,(H,18,20)(H,21,22)/t11?,15-/m0/s1. The smallest absolute Gasteiger partial charge is 0.326 e. The number of nitrogens with one attached hydrogen (secondary N) is 1. The second-order valence-corrected chi connectivity index (χ2v) is 5.83. The number of hydrogen-bond donors (Lipinski definition) is 2. The lowest BCUT2D eigenvalue weighted by atomic mass is 9.99. The molecule has 2 rings (SSSR count). The Kier molecular flexibility index (Phi) is 4.54. The van der Waals surface area contributed by atoms with Crippen LogP contribution in [-0.2, 0) is 11.8 Å². The topological polar surface area (TPSA) is 71.3 Å². The Bertz CT molecular complexity index is 718. The molecule has 0 radical (unpaired) electrons. The van der Waals surface area contributed by atoms with Gasteiger partial charge in [-0.3, -0.25) is 4.79 Å². The van der Waals surface area contributed by atoms with E-state index >= 15 is 0 Å². The number of amides is 1. The summed E-state index contributed by atoms with van der Waals surface area (Å²) in [6, 6.07) is 6.88. The summed E-state index contributed by atoms with van der Waals surface area (Å²) in [5, 5.41) is 12.9. The quantitative estimate of drug-likeness (QED) is 0.892. The van der Waals surface area contributed by atoms with Crippen LogP contribution in [-0.4, -0.2) is 27.6 Å². The lowest BCUT2D eigenvalue weighted by Crippen LogP contribution is -2.45. The molecule has 1 aromatic heterocycles. The van der Waals surface area contributed by atoms with Crippen LogP contribution in [0.4, 0.5) is 0 Å². The first-order valence-corrected chi connectivity index (χ1v) is 7.45. The highest BCUT2D eigenvalue weighted by molar-refractivity contribution is 6.00. The van der Waals surface area contributed by atoms with E-state index in [2.05, 4.69) is 5.32 Å². The Morgan fingerprint density at radius 2 is 2.00 bits per heavy atom. The number of benzene rings is 1. The van der Waals surface area contributed by atoms with E-state index in [4.69, 9.17) is 0 Å². The normalized spacial score (nSPS) is 13.8. The van der Waals surface area contributed by atoms with Crippen LogP contribution in [0.15, 0.2) is 24.3 Å². The molecular formula is C17H22N2O3. The number of fused-ring (bicyclic) bond motifs is 1. The van der Waals surface area contributed by atoms with E-state index in [9.17, 15) is 14.7 Å². The van der Waals surface area contributed by atoms with Gasteiger partial charge >= 0.3 is 5.97 Å². The van der Waals surface area contributed by atoms with Gasteiger partial charge < -0.3 is 15.0 Å². The first-order valence-electron chi connectivity index (χ1n) is 7.45. The van der Waals surface area contributed by atoms with E-state index in [0.717, 1.165) is 16.5 Å². The van der Waals surface area contributed by atoms with Crippen molar-refractivity contribution in [3.05, 3.63) is 35.5 Å². The van der Waals surface area contributed by atoms with Gasteiger partial charge in [-0.1, -0.05) is 31.9 Å². The zero-order chi connectivity index (χ0) is 16.4. The molecule has 0 saturated carbocycles. The third-order valence-corrected chi connectivity index (χ3v) is 4.20.